The van der Waals surface area contributed by atoms with E-state index in [-0.39, 0.29) is 18.0 Å². The molecule has 0 fully saturated rings. The topological polar surface area (TPSA) is 61.2 Å². The molecule has 0 unspecified atom stereocenters. The summed E-state index contributed by atoms with van der Waals surface area (Å²) in [5.74, 6) is 0.287. The molecule has 5 nitrogen and oxygen atoms in total. The van der Waals surface area contributed by atoms with Crippen LogP contribution in [0, 0.1) is 6.92 Å². The van der Waals surface area contributed by atoms with Gasteiger partial charge in [0, 0.05) is 25.1 Å². The van der Waals surface area contributed by atoms with Gasteiger partial charge in [-0.1, -0.05) is 18.2 Å². The van der Waals surface area contributed by atoms with Crippen LogP contribution < -0.4 is 4.74 Å². The van der Waals surface area contributed by atoms with Crippen LogP contribution in [0.25, 0.3) is 12.2 Å². The number of nitrogens with zero attached hydrogens (tertiary/aromatic N) is 2. The summed E-state index contributed by atoms with van der Waals surface area (Å²) in [7, 11) is 1.90. The van der Waals surface area contributed by atoms with Crippen molar-refractivity contribution >= 4 is 23.7 Å². The number of benzene rings is 1. The van der Waals surface area contributed by atoms with E-state index in [9.17, 15) is 9.59 Å². The van der Waals surface area contributed by atoms with E-state index in [4.69, 9.17) is 4.74 Å². The Morgan fingerprint density at radius 1 is 1.03 bits per heavy atom. The number of rotatable bonds is 9. The Balaban J connectivity index is 1.53. The molecular formula is C25H24N2O3. The number of allylic oxidation sites excluding steroid dienone is 2. The zero-order valence-corrected chi connectivity index (χ0v) is 17.1. The predicted molar refractivity (Wildman–Crippen MR) is 118 cm³/mol. The van der Waals surface area contributed by atoms with Crippen molar-refractivity contribution in [1.29, 1.82) is 0 Å². The second-order valence-corrected chi connectivity index (χ2v) is 6.95. The van der Waals surface area contributed by atoms with E-state index < -0.39 is 0 Å². The zero-order chi connectivity index (χ0) is 21.3. The summed E-state index contributed by atoms with van der Waals surface area (Å²) in [4.78, 5) is 28.3. The van der Waals surface area contributed by atoms with Gasteiger partial charge in [-0.25, -0.2) is 0 Å². The highest BCUT2D eigenvalue weighted by Gasteiger charge is 2.05. The number of ether oxygens (including phenoxy) is 1. The average Bonchev–Trinajstić information content (AvgIpc) is 3.15. The van der Waals surface area contributed by atoms with Crippen molar-refractivity contribution in [1.82, 2.24) is 9.55 Å². The van der Waals surface area contributed by atoms with E-state index >= 15 is 0 Å². The molecule has 30 heavy (non-hydrogen) atoms. The Labute approximate surface area is 176 Å². The Morgan fingerprint density at radius 3 is 2.50 bits per heavy atom. The molecule has 0 N–H and O–H groups in total. The molecule has 0 radical (unpaired) electrons. The molecule has 2 heterocycles. The molecule has 0 atom stereocenters. The van der Waals surface area contributed by atoms with Gasteiger partial charge in [-0.3, -0.25) is 14.6 Å². The summed E-state index contributed by atoms with van der Waals surface area (Å²) in [6.45, 7) is 2.35. The minimum absolute atomic E-state index is 0.151. The summed E-state index contributed by atoms with van der Waals surface area (Å²) in [6.07, 6.45) is 9.82. The molecule has 5 heteroatoms. The first-order chi connectivity index (χ1) is 14.5. The molecule has 0 bridgehead atoms. The monoisotopic (exact) mass is 400 g/mol. The molecule has 0 aliphatic heterocycles. The van der Waals surface area contributed by atoms with E-state index in [1.54, 1.807) is 18.3 Å². The van der Waals surface area contributed by atoms with Gasteiger partial charge in [-0.15, -0.1) is 0 Å². The molecule has 0 amide bonds. The van der Waals surface area contributed by atoms with Crippen molar-refractivity contribution in [3.8, 4) is 5.75 Å². The van der Waals surface area contributed by atoms with Crippen LogP contribution in [0.2, 0.25) is 0 Å². The number of hydrogen-bond donors (Lipinski definition) is 0. The second-order valence-electron chi connectivity index (χ2n) is 6.95. The highest BCUT2D eigenvalue weighted by Crippen LogP contribution is 2.19. The molecule has 0 saturated carbocycles. The number of aromatic nitrogens is 2. The summed E-state index contributed by atoms with van der Waals surface area (Å²) < 4.78 is 7.67. The van der Waals surface area contributed by atoms with Crippen molar-refractivity contribution in [2.24, 2.45) is 7.05 Å². The van der Waals surface area contributed by atoms with Crippen LogP contribution in [-0.4, -0.2) is 21.1 Å². The number of pyridine rings is 1. The largest absolute Gasteiger partial charge is 0.487 e. The SMILES string of the molecule is Cc1cc(OCc2ccccn2)ccc1/C=C/C(=O)CC(=O)/C=C/c1cccn1C. The molecular weight excluding hydrogens is 376 g/mol. The first-order valence-electron chi connectivity index (χ1n) is 9.68. The van der Waals surface area contributed by atoms with Crippen molar-refractivity contribution in [3.63, 3.8) is 0 Å². The maximum atomic E-state index is 12.1. The summed E-state index contributed by atoms with van der Waals surface area (Å²) in [5, 5.41) is 0. The first kappa shape index (κ1) is 21.0. The van der Waals surface area contributed by atoms with E-state index in [1.165, 1.54) is 12.2 Å². The van der Waals surface area contributed by atoms with Crippen molar-refractivity contribution in [2.45, 2.75) is 20.0 Å². The third-order valence-corrected chi connectivity index (χ3v) is 4.58. The van der Waals surface area contributed by atoms with Gasteiger partial charge in [0.25, 0.3) is 0 Å². The third-order valence-electron chi connectivity index (χ3n) is 4.58. The van der Waals surface area contributed by atoms with Crippen LogP contribution in [0.15, 0.2) is 73.1 Å². The lowest BCUT2D eigenvalue weighted by atomic mass is 10.1. The number of carbonyl (C=O) groups is 2. The molecule has 152 valence electrons. The highest BCUT2D eigenvalue weighted by atomic mass is 16.5. The fourth-order valence-corrected chi connectivity index (χ4v) is 2.86. The van der Waals surface area contributed by atoms with Gasteiger partial charge >= 0.3 is 0 Å². The lowest BCUT2D eigenvalue weighted by Crippen LogP contribution is -2.02. The smallest absolute Gasteiger partial charge is 0.163 e. The molecule has 0 saturated heterocycles. The molecule has 0 aliphatic carbocycles. The fourth-order valence-electron chi connectivity index (χ4n) is 2.86. The summed E-state index contributed by atoms with van der Waals surface area (Å²) in [6, 6.07) is 15.2. The molecule has 0 aliphatic rings. The van der Waals surface area contributed by atoms with Gasteiger partial charge < -0.3 is 9.30 Å². The molecule has 1 aromatic carbocycles. The quantitative estimate of drug-likeness (QED) is 0.390. The Bertz CT molecular complexity index is 1080. The Kier molecular flexibility index (Phi) is 7.11. The molecule has 0 spiro atoms. The fraction of sp³-hybridized carbons (Fsp3) is 0.160. The zero-order valence-electron chi connectivity index (χ0n) is 17.1. The predicted octanol–water partition coefficient (Wildman–Crippen LogP) is 4.56. The number of carbonyl (C=O) groups excluding carboxylic acids is 2. The van der Waals surface area contributed by atoms with Crippen molar-refractivity contribution < 1.29 is 14.3 Å². The van der Waals surface area contributed by atoms with E-state index in [2.05, 4.69) is 4.98 Å². The molecule has 3 rings (SSSR count). The number of hydrogen-bond acceptors (Lipinski definition) is 4. The van der Waals surface area contributed by atoms with Gasteiger partial charge in [0.05, 0.1) is 12.1 Å². The maximum absolute atomic E-state index is 12.1. The summed E-state index contributed by atoms with van der Waals surface area (Å²) in [5.41, 5.74) is 3.65. The Hall–Kier alpha value is -3.73. The van der Waals surface area contributed by atoms with Gasteiger partial charge in [-0.05, 0) is 72.7 Å². The van der Waals surface area contributed by atoms with Crippen LogP contribution in [0.5, 0.6) is 5.75 Å². The average molecular weight is 400 g/mol. The van der Waals surface area contributed by atoms with Crippen molar-refractivity contribution in [2.75, 3.05) is 0 Å². The minimum Gasteiger partial charge on any atom is -0.487 e. The minimum atomic E-state index is -0.230. The van der Waals surface area contributed by atoms with Crippen LogP contribution >= 0.6 is 0 Å². The van der Waals surface area contributed by atoms with Gasteiger partial charge in [0.1, 0.15) is 12.4 Å². The van der Waals surface area contributed by atoms with Crippen LogP contribution in [-0.2, 0) is 23.2 Å². The van der Waals surface area contributed by atoms with Gasteiger partial charge in [-0.2, -0.15) is 0 Å². The third kappa shape index (κ3) is 6.14. The standard InChI is InChI=1S/C25H24N2O3/c1-19-16-25(30-18-21-6-3-4-14-26-21)13-9-20(19)8-11-23(28)17-24(29)12-10-22-7-5-15-27(22)2/h3-16H,17-18H2,1-2H3/b11-8+,12-10+. The number of aryl methyl sites for hydroxylation is 2. The lowest BCUT2D eigenvalue weighted by molar-refractivity contribution is -0.121. The van der Waals surface area contributed by atoms with E-state index in [1.807, 2.05) is 73.3 Å². The lowest BCUT2D eigenvalue weighted by Gasteiger charge is -2.08. The Morgan fingerprint density at radius 2 is 1.83 bits per heavy atom. The van der Waals surface area contributed by atoms with Crippen LogP contribution in [0.1, 0.15) is 28.9 Å². The molecule has 2 aromatic heterocycles. The maximum Gasteiger partial charge on any atom is 0.163 e. The summed E-state index contributed by atoms with van der Waals surface area (Å²) >= 11 is 0. The van der Waals surface area contributed by atoms with E-state index in [0.29, 0.717) is 6.61 Å². The number of ketones is 2. The molecule has 3 aromatic rings. The first-order valence-corrected chi connectivity index (χ1v) is 9.68. The normalized spacial score (nSPS) is 11.3. The van der Waals surface area contributed by atoms with Crippen LogP contribution in [0.4, 0.5) is 0 Å². The van der Waals surface area contributed by atoms with Crippen LogP contribution in [0.3, 0.4) is 0 Å². The van der Waals surface area contributed by atoms with Gasteiger partial charge in [0.15, 0.2) is 11.6 Å². The highest BCUT2D eigenvalue weighted by molar-refractivity contribution is 6.10. The second kappa shape index (κ2) is 10.2. The van der Waals surface area contributed by atoms with Gasteiger partial charge in [0.2, 0.25) is 0 Å². The van der Waals surface area contributed by atoms with Crippen molar-refractivity contribution in [3.05, 3.63) is 95.6 Å². The van der Waals surface area contributed by atoms with E-state index in [0.717, 1.165) is 28.3 Å².